The van der Waals surface area contributed by atoms with Crippen LogP contribution in [0.25, 0.3) is 21.8 Å². The Bertz CT molecular complexity index is 1450. The van der Waals surface area contributed by atoms with Gasteiger partial charge in [0.25, 0.3) is 11.8 Å². The number of hydrogen-bond donors (Lipinski definition) is 2. The summed E-state index contributed by atoms with van der Waals surface area (Å²) >= 11 is 5.91. The highest BCUT2D eigenvalue weighted by Gasteiger charge is 2.16. The Hall–Kier alpha value is -4.37. The molecular weight excluding hydrogens is 474 g/mol. The Balaban J connectivity index is 1.41. The molecule has 4 aromatic rings. The number of carbonyl (C=O) groups is 3. The van der Waals surface area contributed by atoms with Crippen molar-refractivity contribution in [1.82, 2.24) is 15.4 Å². The average molecular weight is 494 g/mol. The molecule has 0 spiro atoms. The van der Waals surface area contributed by atoms with Crippen LogP contribution in [-0.2, 0) is 20.9 Å². The second-order valence-electron chi connectivity index (χ2n) is 7.46. The number of amides is 2. The van der Waals surface area contributed by atoms with E-state index < -0.39 is 24.4 Å². The molecule has 3 aromatic carbocycles. The van der Waals surface area contributed by atoms with Crippen LogP contribution in [0, 0.1) is 0 Å². The number of para-hydroxylation sites is 2. The van der Waals surface area contributed by atoms with Crippen molar-refractivity contribution >= 4 is 51.2 Å². The lowest BCUT2D eigenvalue weighted by atomic mass is 10.1. The summed E-state index contributed by atoms with van der Waals surface area (Å²) in [5, 5.41) is 1.26. The third kappa shape index (κ3) is 5.10. The Labute approximate surface area is 204 Å². The Morgan fingerprint density at radius 2 is 1.54 bits per heavy atom. The van der Waals surface area contributed by atoms with E-state index >= 15 is 0 Å². The fourth-order valence-corrected chi connectivity index (χ4v) is 3.83. The number of fused-ring (bicyclic) bond motifs is 2. The summed E-state index contributed by atoms with van der Waals surface area (Å²) in [7, 11) is 1.40. The fourth-order valence-electron chi connectivity index (χ4n) is 3.66. The van der Waals surface area contributed by atoms with Gasteiger partial charge >= 0.3 is 5.97 Å². The van der Waals surface area contributed by atoms with Gasteiger partial charge in [0.15, 0.2) is 12.0 Å². The third-order valence-corrected chi connectivity index (χ3v) is 5.49. The van der Waals surface area contributed by atoms with Crippen LogP contribution in [0.3, 0.4) is 0 Å². The SMILES string of the molecule is COc1ccc(Cl)cc1C(=O)NNC(=O)COC(=O)Cn1c2ccccc2c(=O)c2ccccc21. The van der Waals surface area contributed by atoms with Crippen molar-refractivity contribution in [1.29, 1.82) is 0 Å². The van der Waals surface area contributed by atoms with Crippen LogP contribution in [0.2, 0.25) is 5.02 Å². The molecule has 2 N–H and O–H groups in total. The van der Waals surface area contributed by atoms with Gasteiger partial charge in [0.2, 0.25) is 0 Å². The molecule has 1 aromatic heterocycles. The molecule has 0 radical (unpaired) electrons. The van der Waals surface area contributed by atoms with E-state index in [1.807, 2.05) is 0 Å². The molecule has 0 fully saturated rings. The van der Waals surface area contributed by atoms with E-state index in [2.05, 4.69) is 10.9 Å². The van der Waals surface area contributed by atoms with Crippen LogP contribution in [0.5, 0.6) is 5.75 Å². The van der Waals surface area contributed by atoms with Crippen LogP contribution >= 0.6 is 11.6 Å². The summed E-state index contributed by atoms with van der Waals surface area (Å²) in [6.07, 6.45) is 0. The standard InChI is InChI=1S/C25H20ClN3O6/c1-34-21-11-10-15(26)12-18(21)25(33)28-27-22(30)14-35-23(31)13-29-19-8-4-2-6-16(19)24(32)17-7-3-5-9-20(17)29/h2-12H,13-14H2,1H3,(H,27,30)(H,28,33). The monoisotopic (exact) mass is 493 g/mol. The summed E-state index contributed by atoms with van der Waals surface area (Å²) in [5.41, 5.74) is 5.52. The first-order chi connectivity index (χ1) is 16.9. The first kappa shape index (κ1) is 23.8. The van der Waals surface area contributed by atoms with Crippen molar-refractivity contribution in [2.75, 3.05) is 13.7 Å². The van der Waals surface area contributed by atoms with Crippen LogP contribution in [0.15, 0.2) is 71.5 Å². The average Bonchev–Trinajstić information content (AvgIpc) is 2.88. The minimum atomic E-state index is -0.748. The largest absolute Gasteiger partial charge is 0.496 e. The van der Waals surface area contributed by atoms with E-state index in [4.69, 9.17) is 21.1 Å². The van der Waals surface area contributed by atoms with E-state index in [1.54, 1.807) is 59.2 Å². The molecule has 178 valence electrons. The third-order valence-electron chi connectivity index (χ3n) is 5.25. The number of nitrogens with zero attached hydrogens (tertiary/aromatic N) is 1. The summed E-state index contributed by atoms with van der Waals surface area (Å²) in [6, 6.07) is 18.4. The number of carbonyl (C=O) groups excluding carboxylic acids is 3. The lowest BCUT2D eigenvalue weighted by Crippen LogP contribution is -2.43. The van der Waals surface area contributed by atoms with Gasteiger partial charge in [-0.1, -0.05) is 35.9 Å². The van der Waals surface area contributed by atoms with Crippen molar-refractivity contribution in [2.45, 2.75) is 6.54 Å². The molecular formula is C25H20ClN3O6. The highest BCUT2D eigenvalue weighted by atomic mass is 35.5. The predicted octanol–water partition coefficient (Wildman–Crippen LogP) is 2.82. The highest BCUT2D eigenvalue weighted by Crippen LogP contribution is 2.22. The van der Waals surface area contributed by atoms with E-state index in [1.165, 1.54) is 19.2 Å². The number of hydrogen-bond acceptors (Lipinski definition) is 6. The van der Waals surface area contributed by atoms with Gasteiger partial charge in [0.05, 0.1) is 23.7 Å². The number of nitrogens with one attached hydrogen (secondary N) is 2. The van der Waals surface area contributed by atoms with Crippen molar-refractivity contribution in [3.05, 3.63) is 87.5 Å². The maximum atomic E-state index is 12.8. The second-order valence-corrected chi connectivity index (χ2v) is 7.89. The number of methoxy groups -OCH3 is 1. The van der Waals surface area contributed by atoms with Crippen molar-refractivity contribution < 1.29 is 23.9 Å². The maximum Gasteiger partial charge on any atom is 0.326 e. The summed E-state index contributed by atoms with van der Waals surface area (Å²) in [5.74, 6) is -1.83. The number of halogens is 1. The molecule has 35 heavy (non-hydrogen) atoms. The molecule has 0 saturated carbocycles. The van der Waals surface area contributed by atoms with Crippen LogP contribution in [0.1, 0.15) is 10.4 Å². The zero-order chi connectivity index (χ0) is 24.9. The number of pyridine rings is 1. The van der Waals surface area contributed by atoms with Gasteiger partial charge in [0, 0.05) is 15.8 Å². The molecule has 0 unspecified atom stereocenters. The lowest BCUT2D eigenvalue weighted by molar-refractivity contribution is -0.149. The zero-order valence-corrected chi connectivity index (χ0v) is 19.3. The summed E-state index contributed by atoms with van der Waals surface area (Å²) in [4.78, 5) is 49.8. The van der Waals surface area contributed by atoms with Gasteiger partial charge < -0.3 is 14.0 Å². The highest BCUT2D eigenvalue weighted by molar-refractivity contribution is 6.31. The molecule has 0 aliphatic heterocycles. The molecule has 0 bridgehead atoms. The predicted molar refractivity (Wildman–Crippen MR) is 130 cm³/mol. The Kier molecular flexibility index (Phi) is 6.98. The minimum Gasteiger partial charge on any atom is -0.496 e. The molecule has 1 heterocycles. The van der Waals surface area contributed by atoms with Gasteiger partial charge in [-0.15, -0.1) is 0 Å². The zero-order valence-electron chi connectivity index (χ0n) is 18.5. The second kappa shape index (κ2) is 10.3. The van der Waals surface area contributed by atoms with Gasteiger partial charge in [-0.05, 0) is 42.5 Å². The first-order valence-corrected chi connectivity index (χ1v) is 10.9. The van der Waals surface area contributed by atoms with Gasteiger partial charge in [-0.3, -0.25) is 30.0 Å². The molecule has 9 nitrogen and oxygen atoms in total. The van der Waals surface area contributed by atoms with E-state index in [0.717, 1.165) is 0 Å². The molecule has 2 amide bonds. The number of hydrazine groups is 1. The quantitative estimate of drug-likeness (QED) is 0.242. The Morgan fingerprint density at radius 1 is 0.914 bits per heavy atom. The van der Waals surface area contributed by atoms with E-state index in [0.29, 0.717) is 26.8 Å². The molecule has 0 atom stereocenters. The van der Waals surface area contributed by atoms with Crippen molar-refractivity contribution in [2.24, 2.45) is 0 Å². The van der Waals surface area contributed by atoms with Gasteiger partial charge in [-0.2, -0.15) is 0 Å². The fraction of sp³-hybridized carbons (Fsp3) is 0.120. The summed E-state index contributed by atoms with van der Waals surface area (Å²) < 4.78 is 11.9. The van der Waals surface area contributed by atoms with Crippen LogP contribution in [-0.4, -0.2) is 36.1 Å². The number of ether oxygens (including phenoxy) is 2. The molecule has 0 aliphatic carbocycles. The number of rotatable bonds is 6. The van der Waals surface area contributed by atoms with Crippen LogP contribution in [0.4, 0.5) is 0 Å². The van der Waals surface area contributed by atoms with E-state index in [-0.39, 0.29) is 23.3 Å². The van der Waals surface area contributed by atoms with Gasteiger partial charge in [-0.25, -0.2) is 0 Å². The normalized spacial score (nSPS) is 10.7. The number of aromatic nitrogens is 1. The number of esters is 1. The topological polar surface area (TPSA) is 116 Å². The molecule has 10 heteroatoms. The van der Waals surface area contributed by atoms with Gasteiger partial charge in [0.1, 0.15) is 12.3 Å². The van der Waals surface area contributed by atoms with Crippen LogP contribution < -0.4 is 21.0 Å². The van der Waals surface area contributed by atoms with Crippen molar-refractivity contribution in [3.8, 4) is 5.75 Å². The molecule has 0 aliphatic rings. The minimum absolute atomic E-state index is 0.120. The summed E-state index contributed by atoms with van der Waals surface area (Å²) in [6.45, 7) is -0.845. The first-order valence-electron chi connectivity index (χ1n) is 10.5. The Morgan fingerprint density at radius 3 is 2.17 bits per heavy atom. The van der Waals surface area contributed by atoms with Crippen molar-refractivity contribution in [3.63, 3.8) is 0 Å². The molecule has 4 rings (SSSR count). The lowest BCUT2D eigenvalue weighted by Gasteiger charge is -2.15. The maximum absolute atomic E-state index is 12.8. The van der Waals surface area contributed by atoms with E-state index in [9.17, 15) is 19.2 Å². The number of benzene rings is 3. The molecule has 0 saturated heterocycles. The smallest absolute Gasteiger partial charge is 0.326 e.